The number of nitrogens with one attached hydrogen (secondary N) is 2. The summed E-state index contributed by atoms with van der Waals surface area (Å²) in [5, 5.41) is 4.72. The van der Waals surface area contributed by atoms with Crippen LogP contribution < -0.4 is 11.1 Å². The summed E-state index contributed by atoms with van der Waals surface area (Å²) < 4.78 is 0. The first-order chi connectivity index (χ1) is 7.86. The van der Waals surface area contributed by atoms with Gasteiger partial charge in [-0.05, 0) is 31.0 Å². The number of aromatic nitrogens is 1. The third kappa shape index (κ3) is 1.52. The van der Waals surface area contributed by atoms with Crippen molar-refractivity contribution in [2.24, 2.45) is 5.73 Å². The van der Waals surface area contributed by atoms with Crippen LogP contribution in [0.15, 0.2) is 30.5 Å². The second-order valence-electron chi connectivity index (χ2n) is 4.52. The Morgan fingerprint density at radius 3 is 3.00 bits per heavy atom. The Morgan fingerprint density at radius 1 is 1.31 bits per heavy atom. The van der Waals surface area contributed by atoms with Crippen LogP contribution in [-0.2, 0) is 0 Å². The quantitative estimate of drug-likeness (QED) is 0.717. The van der Waals surface area contributed by atoms with E-state index in [1.807, 2.05) is 6.07 Å². The maximum absolute atomic E-state index is 6.33. The highest BCUT2D eigenvalue weighted by atomic mass is 15.0. The van der Waals surface area contributed by atoms with E-state index in [0.717, 1.165) is 6.54 Å². The molecule has 1 aliphatic rings. The van der Waals surface area contributed by atoms with Gasteiger partial charge in [-0.25, -0.2) is 0 Å². The minimum absolute atomic E-state index is 0.0960. The van der Waals surface area contributed by atoms with Crippen LogP contribution in [0.5, 0.6) is 0 Å². The summed E-state index contributed by atoms with van der Waals surface area (Å²) >= 11 is 0. The number of para-hydroxylation sites is 1. The van der Waals surface area contributed by atoms with Crippen LogP contribution in [0, 0.1) is 0 Å². The first kappa shape index (κ1) is 9.87. The van der Waals surface area contributed by atoms with Crippen molar-refractivity contribution in [1.29, 1.82) is 0 Å². The summed E-state index contributed by atoms with van der Waals surface area (Å²) in [7, 11) is 0. The van der Waals surface area contributed by atoms with Crippen LogP contribution in [0.4, 0.5) is 0 Å². The summed E-state index contributed by atoms with van der Waals surface area (Å²) in [6, 6.07) is 8.86. The van der Waals surface area contributed by atoms with E-state index in [9.17, 15) is 0 Å². The van der Waals surface area contributed by atoms with Crippen LogP contribution in [0.25, 0.3) is 10.9 Å². The van der Waals surface area contributed by atoms with Gasteiger partial charge in [0.05, 0.1) is 0 Å². The second kappa shape index (κ2) is 3.92. The highest BCUT2D eigenvalue weighted by molar-refractivity contribution is 5.83. The molecule has 1 saturated heterocycles. The molecule has 2 atom stereocenters. The molecule has 3 heteroatoms. The lowest BCUT2D eigenvalue weighted by Gasteiger charge is -2.18. The average Bonchev–Trinajstić information content (AvgIpc) is 2.98. The predicted octanol–water partition coefficient (Wildman–Crippen LogP) is 1.92. The molecule has 0 radical (unpaired) electrons. The summed E-state index contributed by atoms with van der Waals surface area (Å²) in [6.07, 6.45) is 4.47. The molecule has 2 heterocycles. The fourth-order valence-electron chi connectivity index (χ4n) is 2.60. The van der Waals surface area contributed by atoms with Crippen molar-refractivity contribution in [2.45, 2.75) is 24.9 Å². The highest BCUT2D eigenvalue weighted by Gasteiger charge is 2.24. The normalized spacial score (nSPS) is 22.7. The second-order valence-corrected chi connectivity index (χ2v) is 4.52. The number of hydrogen-bond acceptors (Lipinski definition) is 2. The van der Waals surface area contributed by atoms with E-state index in [4.69, 9.17) is 5.73 Å². The van der Waals surface area contributed by atoms with Gasteiger partial charge in [0.2, 0.25) is 0 Å². The molecule has 0 aliphatic carbocycles. The van der Waals surface area contributed by atoms with Crippen molar-refractivity contribution < 1.29 is 0 Å². The van der Waals surface area contributed by atoms with Gasteiger partial charge in [-0.1, -0.05) is 18.2 Å². The Kier molecular flexibility index (Phi) is 2.42. The molecule has 0 saturated carbocycles. The molecular weight excluding hydrogens is 198 g/mol. The predicted molar refractivity (Wildman–Crippen MR) is 66.3 cm³/mol. The number of hydrogen-bond donors (Lipinski definition) is 3. The maximum Gasteiger partial charge on any atom is 0.0472 e. The van der Waals surface area contributed by atoms with E-state index in [1.165, 1.54) is 29.3 Å². The van der Waals surface area contributed by atoms with Crippen LogP contribution >= 0.6 is 0 Å². The lowest BCUT2D eigenvalue weighted by Crippen LogP contribution is -2.33. The topological polar surface area (TPSA) is 53.8 Å². The minimum Gasteiger partial charge on any atom is -0.361 e. The molecule has 16 heavy (non-hydrogen) atoms. The smallest absolute Gasteiger partial charge is 0.0472 e. The molecule has 1 aromatic carbocycles. The van der Waals surface area contributed by atoms with E-state index < -0.39 is 0 Å². The Balaban J connectivity index is 1.98. The zero-order valence-electron chi connectivity index (χ0n) is 9.24. The number of H-pyrrole nitrogens is 1. The van der Waals surface area contributed by atoms with Crippen LogP contribution in [-0.4, -0.2) is 17.6 Å². The van der Waals surface area contributed by atoms with Crippen molar-refractivity contribution in [3.05, 3.63) is 36.0 Å². The van der Waals surface area contributed by atoms with E-state index in [2.05, 4.69) is 34.7 Å². The molecule has 0 amide bonds. The molecule has 1 fully saturated rings. The van der Waals surface area contributed by atoms with Gasteiger partial charge >= 0.3 is 0 Å². The molecule has 4 N–H and O–H groups in total. The summed E-state index contributed by atoms with van der Waals surface area (Å²) in [5.74, 6) is 0. The van der Waals surface area contributed by atoms with Gasteiger partial charge in [0.1, 0.15) is 0 Å². The van der Waals surface area contributed by atoms with Gasteiger partial charge in [0.25, 0.3) is 0 Å². The van der Waals surface area contributed by atoms with Crippen LogP contribution in [0.2, 0.25) is 0 Å². The molecule has 0 spiro atoms. The number of nitrogens with two attached hydrogens (primary N) is 1. The van der Waals surface area contributed by atoms with Gasteiger partial charge in [0.15, 0.2) is 0 Å². The van der Waals surface area contributed by atoms with Crippen molar-refractivity contribution in [1.82, 2.24) is 10.3 Å². The van der Waals surface area contributed by atoms with Gasteiger partial charge in [-0.15, -0.1) is 0 Å². The lowest BCUT2D eigenvalue weighted by atomic mass is 9.98. The van der Waals surface area contributed by atoms with Gasteiger partial charge in [-0.2, -0.15) is 0 Å². The zero-order valence-corrected chi connectivity index (χ0v) is 9.24. The molecular formula is C13H17N3. The van der Waals surface area contributed by atoms with Crippen LogP contribution in [0.1, 0.15) is 24.4 Å². The Morgan fingerprint density at radius 2 is 2.19 bits per heavy atom. The third-order valence-electron chi connectivity index (χ3n) is 3.51. The highest BCUT2D eigenvalue weighted by Crippen LogP contribution is 2.27. The standard InChI is InChI=1S/C13H17N3/c14-13(12-6-3-7-15-12)10-8-16-11-5-2-1-4-9(10)11/h1-2,4-5,8,12-13,15-16H,3,6-7,14H2. The number of benzene rings is 1. The Bertz CT molecular complexity index is 483. The van der Waals surface area contributed by atoms with E-state index in [1.54, 1.807) is 0 Å². The number of rotatable bonds is 2. The van der Waals surface area contributed by atoms with Gasteiger partial charge < -0.3 is 16.0 Å². The van der Waals surface area contributed by atoms with Crippen molar-refractivity contribution in [3.8, 4) is 0 Å². The van der Waals surface area contributed by atoms with Crippen LogP contribution in [0.3, 0.4) is 0 Å². The molecule has 3 nitrogen and oxygen atoms in total. The van der Waals surface area contributed by atoms with E-state index in [-0.39, 0.29) is 6.04 Å². The minimum atomic E-state index is 0.0960. The molecule has 84 valence electrons. The fraction of sp³-hybridized carbons (Fsp3) is 0.385. The molecule has 2 aromatic rings. The van der Waals surface area contributed by atoms with Crippen molar-refractivity contribution >= 4 is 10.9 Å². The Labute approximate surface area is 95.0 Å². The number of aromatic amines is 1. The van der Waals surface area contributed by atoms with Crippen molar-refractivity contribution in [3.63, 3.8) is 0 Å². The molecule has 2 unspecified atom stereocenters. The zero-order chi connectivity index (χ0) is 11.0. The maximum atomic E-state index is 6.33. The first-order valence-electron chi connectivity index (χ1n) is 5.91. The monoisotopic (exact) mass is 215 g/mol. The van der Waals surface area contributed by atoms with E-state index in [0.29, 0.717) is 6.04 Å². The molecule has 1 aliphatic heterocycles. The lowest BCUT2D eigenvalue weighted by molar-refractivity contribution is 0.503. The SMILES string of the molecule is NC(c1c[nH]c2ccccc12)C1CCCN1. The number of fused-ring (bicyclic) bond motifs is 1. The molecule has 1 aromatic heterocycles. The van der Waals surface area contributed by atoms with Gasteiger partial charge in [0, 0.05) is 29.2 Å². The molecule has 0 bridgehead atoms. The fourth-order valence-corrected chi connectivity index (χ4v) is 2.60. The summed E-state index contributed by atoms with van der Waals surface area (Å²) in [4.78, 5) is 3.28. The first-order valence-corrected chi connectivity index (χ1v) is 5.91. The summed E-state index contributed by atoms with van der Waals surface area (Å²) in [6.45, 7) is 1.10. The molecule has 3 rings (SSSR count). The summed E-state index contributed by atoms with van der Waals surface area (Å²) in [5.41, 5.74) is 8.73. The average molecular weight is 215 g/mol. The van der Waals surface area contributed by atoms with Gasteiger partial charge in [-0.3, -0.25) is 0 Å². The Hall–Kier alpha value is -1.32. The van der Waals surface area contributed by atoms with E-state index >= 15 is 0 Å². The largest absolute Gasteiger partial charge is 0.361 e. The third-order valence-corrected chi connectivity index (χ3v) is 3.51. The van der Waals surface area contributed by atoms with Crippen molar-refractivity contribution in [2.75, 3.05) is 6.54 Å².